The van der Waals surface area contributed by atoms with Crippen LogP contribution in [-0.4, -0.2) is 58.7 Å². The highest BCUT2D eigenvalue weighted by Crippen LogP contribution is 2.30. The molecular weight excluding hydrogens is 591 g/mol. The zero-order valence-corrected chi connectivity index (χ0v) is 26.0. The fourth-order valence-electron chi connectivity index (χ4n) is 4.43. The van der Waals surface area contributed by atoms with Crippen molar-refractivity contribution >= 4 is 41.0 Å². The van der Waals surface area contributed by atoms with Crippen molar-refractivity contribution < 1.29 is 33.0 Å². The number of benzene rings is 2. The van der Waals surface area contributed by atoms with E-state index in [9.17, 15) is 18.8 Å². The molecule has 0 unspecified atom stereocenters. The Labute approximate surface area is 260 Å². The van der Waals surface area contributed by atoms with E-state index in [1.807, 2.05) is 34.6 Å². The number of rotatable bonds is 8. The van der Waals surface area contributed by atoms with Crippen molar-refractivity contribution in [3.05, 3.63) is 76.7 Å². The third-order valence-electron chi connectivity index (χ3n) is 6.40. The maximum Gasteiger partial charge on any atom is 0.410 e. The first-order valence-electron chi connectivity index (χ1n) is 14.3. The van der Waals surface area contributed by atoms with Crippen LogP contribution in [0.2, 0.25) is 5.02 Å². The van der Waals surface area contributed by atoms with Gasteiger partial charge in [-0.3, -0.25) is 9.59 Å². The largest absolute Gasteiger partial charge is 0.491 e. The smallest absolute Gasteiger partial charge is 0.410 e. The van der Waals surface area contributed by atoms with Gasteiger partial charge in [-0.2, -0.15) is 0 Å². The molecular formula is C32H36ClFN4O6. The third-order valence-corrected chi connectivity index (χ3v) is 6.62. The summed E-state index contributed by atoms with van der Waals surface area (Å²) in [6.07, 6.45) is 1.63. The van der Waals surface area contributed by atoms with Gasteiger partial charge in [0.1, 0.15) is 34.8 Å². The lowest BCUT2D eigenvalue weighted by Gasteiger charge is -2.33. The number of nitrogens with zero attached hydrogens (tertiary/aromatic N) is 2. The lowest BCUT2D eigenvalue weighted by Crippen LogP contribution is -2.44. The molecule has 2 N–H and O–H groups in total. The van der Waals surface area contributed by atoms with E-state index < -0.39 is 23.2 Å². The summed E-state index contributed by atoms with van der Waals surface area (Å²) < 4.78 is 31.8. The van der Waals surface area contributed by atoms with Gasteiger partial charge in [0.15, 0.2) is 0 Å². The Hall–Kier alpha value is -4.38. The number of nitrogens with one attached hydrogen (secondary N) is 2. The number of halogens is 2. The number of likely N-dealkylation sites (tertiary alicyclic amines) is 1. The van der Waals surface area contributed by atoms with E-state index in [2.05, 4.69) is 15.6 Å². The van der Waals surface area contributed by atoms with E-state index in [1.54, 1.807) is 29.2 Å². The molecule has 2 heterocycles. The van der Waals surface area contributed by atoms with E-state index in [4.69, 9.17) is 25.8 Å². The van der Waals surface area contributed by atoms with Crippen LogP contribution in [0.25, 0.3) is 0 Å². The van der Waals surface area contributed by atoms with Crippen molar-refractivity contribution in [3.63, 3.8) is 0 Å². The third kappa shape index (κ3) is 9.06. The molecule has 0 radical (unpaired) electrons. The summed E-state index contributed by atoms with van der Waals surface area (Å²) in [5.41, 5.74) is -0.430. The second-order valence-corrected chi connectivity index (χ2v) is 12.0. The van der Waals surface area contributed by atoms with Gasteiger partial charge in [-0.1, -0.05) is 11.6 Å². The van der Waals surface area contributed by atoms with E-state index in [1.165, 1.54) is 18.3 Å². The number of piperidine rings is 1. The number of ether oxygens (including phenoxy) is 3. The van der Waals surface area contributed by atoms with Crippen molar-refractivity contribution in [2.45, 2.75) is 65.3 Å². The van der Waals surface area contributed by atoms with Crippen molar-refractivity contribution in [2.24, 2.45) is 0 Å². The molecule has 1 aliphatic heterocycles. The van der Waals surface area contributed by atoms with Crippen LogP contribution in [0.15, 0.2) is 54.7 Å². The second kappa shape index (κ2) is 13.9. The maximum absolute atomic E-state index is 14.2. The van der Waals surface area contributed by atoms with Crippen molar-refractivity contribution in [2.75, 3.05) is 23.7 Å². The number of hydrogen-bond acceptors (Lipinski definition) is 7. The Bertz CT molecular complexity index is 1500. The highest BCUT2D eigenvalue weighted by molar-refractivity contribution is 6.30. The van der Waals surface area contributed by atoms with Crippen molar-refractivity contribution in [1.82, 2.24) is 9.88 Å². The SMILES string of the molecule is CC(C)Oc1ccc(C(=O)Nc2ccc(F)cc2C(=O)Nc2ccc(Cl)cn2)c(OC2CCN(C(=O)OC(C)(C)C)CC2)c1. The molecule has 1 saturated heterocycles. The summed E-state index contributed by atoms with van der Waals surface area (Å²) in [6.45, 7) is 10.1. The maximum atomic E-state index is 14.2. The van der Waals surface area contributed by atoms with E-state index in [0.29, 0.717) is 36.7 Å². The average Bonchev–Trinajstić information content (AvgIpc) is 2.94. The normalized spacial score (nSPS) is 13.8. The molecule has 0 bridgehead atoms. The van der Waals surface area contributed by atoms with Crippen molar-refractivity contribution in [1.29, 1.82) is 0 Å². The van der Waals surface area contributed by atoms with Gasteiger partial charge in [-0.25, -0.2) is 14.2 Å². The minimum atomic E-state index is -0.677. The van der Waals surface area contributed by atoms with Gasteiger partial charge in [-0.15, -0.1) is 0 Å². The molecule has 1 aliphatic rings. The molecule has 234 valence electrons. The zero-order valence-electron chi connectivity index (χ0n) is 25.3. The first-order chi connectivity index (χ1) is 20.8. The van der Waals surface area contributed by atoms with E-state index in [0.717, 1.165) is 12.1 Å². The van der Waals surface area contributed by atoms with Gasteiger partial charge in [0.2, 0.25) is 0 Å². The summed E-state index contributed by atoms with van der Waals surface area (Å²) in [5, 5.41) is 5.68. The monoisotopic (exact) mass is 626 g/mol. The number of hydrogen-bond donors (Lipinski definition) is 2. The summed E-state index contributed by atoms with van der Waals surface area (Å²) in [6, 6.07) is 11.4. The quantitative estimate of drug-likeness (QED) is 0.278. The lowest BCUT2D eigenvalue weighted by molar-refractivity contribution is 0.0126. The van der Waals surface area contributed by atoms with Crippen LogP contribution in [0, 0.1) is 5.82 Å². The van der Waals surface area contributed by atoms with Crippen LogP contribution >= 0.6 is 11.6 Å². The Morgan fingerprint density at radius 3 is 2.32 bits per heavy atom. The first-order valence-corrected chi connectivity index (χ1v) is 14.6. The van der Waals surface area contributed by atoms with Crippen LogP contribution in [0.3, 0.4) is 0 Å². The molecule has 10 nitrogen and oxygen atoms in total. The fraction of sp³-hybridized carbons (Fsp3) is 0.375. The molecule has 0 atom stereocenters. The van der Waals surface area contributed by atoms with Crippen LogP contribution in [0.5, 0.6) is 11.5 Å². The van der Waals surface area contributed by atoms with Gasteiger partial charge in [0, 0.05) is 38.2 Å². The van der Waals surface area contributed by atoms with Gasteiger partial charge in [-0.05, 0) is 77.1 Å². The Balaban J connectivity index is 1.53. The first kappa shape index (κ1) is 32.5. The van der Waals surface area contributed by atoms with Gasteiger partial charge >= 0.3 is 6.09 Å². The van der Waals surface area contributed by atoms with Crippen LogP contribution in [0.4, 0.5) is 20.7 Å². The highest BCUT2D eigenvalue weighted by atomic mass is 35.5. The highest BCUT2D eigenvalue weighted by Gasteiger charge is 2.29. The molecule has 2 aromatic carbocycles. The Kier molecular flexibility index (Phi) is 10.3. The predicted molar refractivity (Wildman–Crippen MR) is 165 cm³/mol. The number of carbonyl (C=O) groups is 3. The molecule has 44 heavy (non-hydrogen) atoms. The predicted octanol–water partition coefficient (Wildman–Crippen LogP) is 6.94. The lowest BCUT2D eigenvalue weighted by atomic mass is 10.1. The minimum absolute atomic E-state index is 0.0852. The molecule has 1 fully saturated rings. The number of carbonyl (C=O) groups excluding carboxylic acids is 3. The van der Waals surface area contributed by atoms with Crippen LogP contribution in [-0.2, 0) is 4.74 Å². The van der Waals surface area contributed by atoms with Gasteiger partial charge in [0.25, 0.3) is 11.8 Å². The summed E-state index contributed by atoms with van der Waals surface area (Å²) in [7, 11) is 0. The van der Waals surface area contributed by atoms with Gasteiger partial charge in [0.05, 0.1) is 27.9 Å². The summed E-state index contributed by atoms with van der Waals surface area (Å²) >= 11 is 5.86. The average molecular weight is 627 g/mol. The fourth-order valence-corrected chi connectivity index (χ4v) is 4.54. The molecule has 1 aromatic heterocycles. The standard InChI is InChI=1S/C32H36ClFN4O6/c1-19(2)42-23-8-9-24(27(17-23)43-22-12-14-38(15-13-22)31(41)44-32(3,4)5)29(39)36-26-10-7-21(34)16-25(26)30(40)37-28-11-6-20(33)18-35-28/h6-11,16-19,22H,12-15H2,1-5H3,(H,36,39)(H,35,37,40). The molecule has 3 aromatic rings. The molecule has 12 heteroatoms. The summed E-state index contributed by atoms with van der Waals surface area (Å²) in [5.74, 6) is -0.926. The Morgan fingerprint density at radius 2 is 1.68 bits per heavy atom. The zero-order chi connectivity index (χ0) is 32.0. The topological polar surface area (TPSA) is 119 Å². The molecule has 0 spiro atoms. The van der Waals surface area contributed by atoms with Crippen LogP contribution < -0.4 is 20.1 Å². The number of anilines is 2. The van der Waals surface area contributed by atoms with E-state index >= 15 is 0 Å². The molecule has 0 saturated carbocycles. The Morgan fingerprint density at radius 1 is 0.977 bits per heavy atom. The minimum Gasteiger partial charge on any atom is -0.491 e. The van der Waals surface area contributed by atoms with Crippen LogP contribution in [0.1, 0.15) is 68.2 Å². The van der Waals surface area contributed by atoms with Gasteiger partial charge < -0.3 is 29.7 Å². The molecule has 3 amide bonds. The number of pyridine rings is 1. The molecule has 0 aliphatic carbocycles. The van der Waals surface area contributed by atoms with Crippen molar-refractivity contribution in [3.8, 4) is 11.5 Å². The number of amides is 3. The number of aromatic nitrogens is 1. The second-order valence-electron chi connectivity index (χ2n) is 11.6. The molecule has 4 rings (SSSR count). The summed E-state index contributed by atoms with van der Waals surface area (Å²) in [4.78, 5) is 44.8. The van der Waals surface area contributed by atoms with E-state index in [-0.39, 0.29) is 46.7 Å².